The number of aldehydes is 1. The van der Waals surface area contributed by atoms with Crippen molar-refractivity contribution in [1.29, 1.82) is 0 Å². The van der Waals surface area contributed by atoms with E-state index < -0.39 is 11.8 Å². The van der Waals surface area contributed by atoms with Crippen molar-refractivity contribution >= 4 is 40.6 Å². The summed E-state index contributed by atoms with van der Waals surface area (Å²) in [4.78, 5) is 23.6. The van der Waals surface area contributed by atoms with E-state index in [4.69, 9.17) is 18.9 Å². The lowest BCUT2D eigenvalue weighted by molar-refractivity contribution is -0.185. The van der Waals surface area contributed by atoms with Crippen LogP contribution in [0.4, 0.5) is 0 Å². The summed E-state index contributed by atoms with van der Waals surface area (Å²) >= 11 is 1.11. The molecule has 0 radical (unpaired) electrons. The number of methoxy groups -OCH3 is 2. The molecule has 6 rings (SSSR count). The van der Waals surface area contributed by atoms with Gasteiger partial charge in [0.05, 0.1) is 37.6 Å². The summed E-state index contributed by atoms with van der Waals surface area (Å²) in [7, 11) is 3.24. The van der Waals surface area contributed by atoms with Gasteiger partial charge in [-0.1, -0.05) is 18.2 Å². The van der Waals surface area contributed by atoms with Gasteiger partial charge in [0.1, 0.15) is 34.6 Å². The van der Waals surface area contributed by atoms with E-state index in [1.54, 1.807) is 62.8 Å². The van der Waals surface area contributed by atoms with E-state index in [0.717, 1.165) is 51.7 Å². The molecule has 1 unspecified atom stereocenters. The lowest BCUT2D eigenvalue weighted by atomic mass is 9.87. The number of aryl methyl sites for hydroxylation is 2. The quantitative estimate of drug-likeness (QED) is 0.133. The highest BCUT2D eigenvalue weighted by Crippen LogP contribution is 2.45. The highest BCUT2D eigenvalue weighted by Gasteiger charge is 2.48. The third kappa shape index (κ3) is 7.19. The monoisotopic (exact) mass is 652 g/mol. The topological polar surface area (TPSA) is 117 Å². The Bertz CT molecular complexity index is 1950. The number of ether oxygens (including phenoxy) is 4. The van der Waals surface area contributed by atoms with Crippen molar-refractivity contribution in [2.75, 3.05) is 14.2 Å². The fourth-order valence-electron chi connectivity index (χ4n) is 5.47. The molecule has 0 saturated heterocycles. The number of carbonyl (C=O) groups excluding carboxylic acids is 2. The molecule has 1 atom stereocenters. The highest BCUT2D eigenvalue weighted by atomic mass is 32.1. The molecule has 5 aromatic rings. The van der Waals surface area contributed by atoms with Gasteiger partial charge in [-0.15, -0.1) is 0 Å². The molecule has 0 bridgehead atoms. The molecule has 1 aliphatic heterocycles. The van der Waals surface area contributed by atoms with Crippen molar-refractivity contribution in [2.45, 2.75) is 46.0 Å². The second kappa shape index (κ2) is 14.1. The van der Waals surface area contributed by atoms with E-state index in [2.05, 4.69) is 8.75 Å². The number of aliphatic hydroxyl groups is 1. The van der Waals surface area contributed by atoms with Crippen LogP contribution >= 0.6 is 11.7 Å². The summed E-state index contributed by atoms with van der Waals surface area (Å²) in [5.41, 5.74) is 6.81. The summed E-state index contributed by atoms with van der Waals surface area (Å²) in [6.07, 6.45) is 1.13. The standard InChI is InChI=1S/C28H26N2O5S.C9H10O2/c1-16(2)34-21-9-7-20(8-10-21)28(32)22(14-18-5-12-25(33-4)17(3)13-18)26(27(31)35-28)19-6-11-23-24(15-19)30-36-29-23;1-7-5-8(6-10)3-4-9(7)11-2/h5-13,15-16,32H,14H2,1-4H3;3-6H,1-2H3. The van der Waals surface area contributed by atoms with Crippen LogP contribution in [-0.2, 0) is 21.7 Å². The maximum Gasteiger partial charge on any atom is 0.342 e. The SMILES string of the molecule is COc1ccc(C=O)cc1C.COc1ccc(CC2=C(c3ccc4nsnc4c3)C(=O)OC2(O)c2ccc(OC(C)C)cc2)cc1C. The first-order valence-electron chi connectivity index (χ1n) is 15.0. The molecule has 10 heteroatoms. The molecule has 2 heterocycles. The number of esters is 1. The van der Waals surface area contributed by atoms with Gasteiger partial charge in [0, 0.05) is 23.1 Å². The van der Waals surface area contributed by atoms with Crippen molar-refractivity contribution in [3.8, 4) is 17.2 Å². The van der Waals surface area contributed by atoms with Crippen LogP contribution in [0.15, 0.2) is 84.4 Å². The first-order chi connectivity index (χ1) is 22.6. The van der Waals surface area contributed by atoms with Gasteiger partial charge in [-0.25, -0.2) is 4.79 Å². The van der Waals surface area contributed by atoms with Crippen LogP contribution in [0.25, 0.3) is 16.6 Å². The summed E-state index contributed by atoms with van der Waals surface area (Å²) in [6, 6.07) is 23.5. The van der Waals surface area contributed by atoms with Gasteiger partial charge in [0.25, 0.3) is 5.79 Å². The van der Waals surface area contributed by atoms with Gasteiger partial charge in [-0.05, 0) is 111 Å². The number of hydrogen-bond acceptors (Lipinski definition) is 10. The molecule has 0 spiro atoms. The van der Waals surface area contributed by atoms with Gasteiger partial charge < -0.3 is 24.1 Å². The number of nitrogens with zero attached hydrogens (tertiary/aromatic N) is 2. The van der Waals surface area contributed by atoms with Gasteiger partial charge in [-0.2, -0.15) is 8.75 Å². The van der Waals surface area contributed by atoms with Crippen molar-refractivity contribution < 1.29 is 33.6 Å². The Labute approximate surface area is 277 Å². The Kier molecular flexibility index (Phi) is 10.0. The number of aromatic nitrogens is 2. The van der Waals surface area contributed by atoms with Crippen LogP contribution in [0, 0.1) is 13.8 Å². The van der Waals surface area contributed by atoms with E-state index in [9.17, 15) is 14.7 Å². The van der Waals surface area contributed by atoms with E-state index >= 15 is 0 Å². The number of rotatable bonds is 9. The van der Waals surface area contributed by atoms with Crippen LogP contribution < -0.4 is 14.2 Å². The maximum atomic E-state index is 13.3. The predicted molar refractivity (Wildman–Crippen MR) is 181 cm³/mol. The largest absolute Gasteiger partial charge is 0.496 e. The van der Waals surface area contributed by atoms with Crippen molar-refractivity contribution in [1.82, 2.24) is 8.75 Å². The number of fused-ring (bicyclic) bond motifs is 1. The molecular formula is C37H36N2O7S. The average molecular weight is 653 g/mol. The third-order valence-corrected chi connectivity index (χ3v) is 8.27. The number of benzene rings is 4. The Morgan fingerprint density at radius 1 is 0.872 bits per heavy atom. The van der Waals surface area contributed by atoms with Gasteiger partial charge in [-0.3, -0.25) is 4.79 Å². The Morgan fingerprint density at radius 3 is 2.15 bits per heavy atom. The van der Waals surface area contributed by atoms with Crippen molar-refractivity contribution in [3.05, 3.63) is 118 Å². The Hall–Kier alpha value is -5.06. The van der Waals surface area contributed by atoms with Crippen LogP contribution in [0.3, 0.4) is 0 Å². The zero-order valence-corrected chi connectivity index (χ0v) is 27.9. The number of carbonyl (C=O) groups is 2. The summed E-state index contributed by atoms with van der Waals surface area (Å²) in [5.74, 6) is -0.284. The van der Waals surface area contributed by atoms with Crippen molar-refractivity contribution in [3.63, 3.8) is 0 Å². The predicted octanol–water partition coefficient (Wildman–Crippen LogP) is 7.01. The number of cyclic esters (lactones) is 1. The Balaban J connectivity index is 0.000000335. The normalized spacial score (nSPS) is 15.7. The maximum absolute atomic E-state index is 13.3. The van der Waals surface area contributed by atoms with Crippen LogP contribution in [0.1, 0.15) is 52.0 Å². The molecule has 242 valence electrons. The van der Waals surface area contributed by atoms with Crippen molar-refractivity contribution in [2.24, 2.45) is 0 Å². The second-order valence-corrected chi connectivity index (χ2v) is 11.9. The molecule has 4 aromatic carbocycles. The van der Waals surface area contributed by atoms with E-state index in [1.165, 1.54) is 0 Å². The minimum Gasteiger partial charge on any atom is -0.496 e. The molecule has 0 saturated carbocycles. The van der Waals surface area contributed by atoms with Gasteiger partial charge in [0.15, 0.2) is 0 Å². The molecule has 1 aliphatic rings. The lowest BCUT2D eigenvalue weighted by Crippen LogP contribution is -2.29. The van der Waals surface area contributed by atoms with E-state index in [0.29, 0.717) is 45.5 Å². The smallest absolute Gasteiger partial charge is 0.342 e. The highest BCUT2D eigenvalue weighted by molar-refractivity contribution is 7.00. The summed E-state index contributed by atoms with van der Waals surface area (Å²) < 4.78 is 30.4. The summed E-state index contributed by atoms with van der Waals surface area (Å²) in [5, 5.41) is 11.9. The molecule has 1 aromatic heterocycles. The third-order valence-electron chi connectivity index (χ3n) is 7.71. The lowest BCUT2D eigenvalue weighted by Gasteiger charge is -2.26. The van der Waals surface area contributed by atoms with Crippen LogP contribution in [0.5, 0.6) is 17.2 Å². The minimum atomic E-state index is -1.94. The van der Waals surface area contributed by atoms with Gasteiger partial charge >= 0.3 is 5.97 Å². The van der Waals surface area contributed by atoms with Gasteiger partial charge in [0.2, 0.25) is 0 Å². The molecule has 1 N–H and O–H groups in total. The minimum absolute atomic E-state index is 0.0127. The zero-order chi connectivity index (χ0) is 33.7. The molecule has 0 aliphatic carbocycles. The summed E-state index contributed by atoms with van der Waals surface area (Å²) in [6.45, 7) is 7.75. The van der Waals surface area contributed by atoms with E-state index in [1.807, 2.05) is 58.0 Å². The first kappa shape index (κ1) is 33.3. The second-order valence-electron chi connectivity index (χ2n) is 11.4. The molecular weight excluding hydrogens is 616 g/mol. The van der Waals surface area contributed by atoms with Crippen LogP contribution in [-0.4, -0.2) is 46.4 Å². The van der Waals surface area contributed by atoms with Crippen LogP contribution in [0.2, 0.25) is 0 Å². The Morgan fingerprint density at radius 2 is 1.53 bits per heavy atom. The molecule has 0 amide bonds. The molecule has 47 heavy (non-hydrogen) atoms. The molecule has 0 fully saturated rings. The average Bonchev–Trinajstić information content (AvgIpc) is 3.62. The fourth-order valence-corrected chi connectivity index (χ4v) is 5.99. The first-order valence-corrected chi connectivity index (χ1v) is 15.7. The zero-order valence-electron chi connectivity index (χ0n) is 27.1. The van der Waals surface area contributed by atoms with E-state index in [-0.39, 0.29) is 6.10 Å². The fraction of sp³-hybridized carbons (Fsp3) is 0.243. The molecule has 9 nitrogen and oxygen atoms in total. The number of hydrogen-bond donors (Lipinski definition) is 1.